The molecule has 0 saturated heterocycles. The molecule has 0 bridgehead atoms. The van der Waals surface area contributed by atoms with Gasteiger partial charge in [-0.05, 0) is 43.3 Å². The van der Waals surface area contributed by atoms with E-state index in [9.17, 15) is 9.59 Å². The summed E-state index contributed by atoms with van der Waals surface area (Å²) in [6.07, 6.45) is 2.94. The Kier molecular flexibility index (Phi) is 7.25. The zero-order chi connectivity index (χ0) is 20.6. The van der Waals surface area contributed by atoms with Crippen molar-refractivity contribution in [2.24, 2.45) is 0 Å². The number of carbonyl (C=O) groups is 2. The monoisotopic (exact) mass is 410 g/mol. The Morgan fingerprint density at radius 1 is 1.17 bits per heavy atom. The smallest absolute Gasteiger partial charge is 0.339 e. The zero-order valence-corrected chi connectivity index (χ0v) is 17.6. The molecular weight excluding hydrogens is 384 g/mol. The third-order valence-corrected chi connectivity index (χ3v) is 5.47. The summed E-state index contributed by atoms with van der Waals surface area (Å²) in [6, 6.07) is 14.0. The molecule has 5 nitrogen and oxygen atoms in total. The number of hydrogen-bond donors (Lipinski definition) is 1. The summed E-state index contributed by atoms with van der Waals surface area (Å²) < 4.78 is 7.18. The van der Waals surface area contributed by atoms with E-state index in [1.807, 2.05) is 53.4 Å². The summed E-state index contributed by atoms with van der Waals surface area (Å²) in [6.45, 7) is 5.40. The number of esters is 1. The molecule has 0 atom stereocenters. The lowest BCUT2D eigenvalue weighted by molar-refractivity contribution is -0.121. The quantitative estimate of drug-likeness (QED) is 0.516. The third-order valence-electron chi connectivity index (χ3n) is 4.60. The van der Waals surface area contributed by atoms with Crippen LogP contribution in [0, 0.1) is 6.92 Å². The Morgan fingerprint density at radius 3 is 2.66 bits per heavy atom. The standard InChI is InChI=1S/C23H26N2O3S/c1-3-28-23(27)19-14-21(18-10-8-17(2)9-11-18)25(16-19)12-4-7-22(26)24-15-20-6-5-13-29-20/h5-6,8-11,13-14,16H,3-4,7,12,15H2,1-2H3,(H,24,26). The maximum absolute atomic E-state index is 12.2. The van der Waals surface area contributed by atoms with Crippen molar-refractivity contribution in [2.45, 2.75) is 39.8 Å². The molecule has 0 fully saturated rings. The van der Waals surface area contributed by atoms with Crippen LogP contribution >= 0.6 is 11.3 Å². The van der Waals surface area contributed by atoms with E-state index in [0.29, 0.717) is 38.1 Å². The summed E-state index contributed by atoms with van der Waals surface area (Å²) in [4.78, 5) is 25.4. The van der Waals surface area contributed by atoms with Crippen molar-refractivity contribution in [2.75, 3.05) is 6.61 Å². The molecule has 1 N–H and O–H groups in total. The van der Waals surface area contributed by atoms with Gasteiger partial charge in [-0.15, -0.1) is 11.3 Å². The van der Waals surface area contributed by atoms with Gasteiger partial charge in [-0.25, -0.2) is 4.79 Å². The maximum Gasteiger partial charge on any atom is 0.339 e. The van der Waals surface area contributed by atoms with E-state index in [2.05, 4.69) is 17.4 Å². The zero-order valence-electron chi connectivity index (χ0n) is 16.8. The van der Waals surface area contributed by atoms with Gasteiger partial charge in [0.25, 0.3) is 0 Å². The fourth-order valence-corrected chi connectivity index (χ4v) is 3.73. The van der Waals surface area contributed by atoms with Crippen LogP contribution in [0.4, 0.5) is 0 Å². The molecule has 0 radical (unpaired) electrons. The number of nitrogens with one attached hydrogen (secondary N) is 1. The van der Waals surface area contributed by atoms with Crippen LogP contribution in [0.25, 0.3) is 11.3 Å². The Morgan fingerprint density at radius 2 is 1.97 bits per heavy atom. The van der Waals surface area contributed by atoms with E-state index in [1.165, 1.54) is 5.56 Å². The first-order chi connectivity index (χ1) is 14.1. The van der Waals surface area contributed by atoms with Gasteiger partial charge in [-0.3, -0.25) is 4.79 Å². The summed E-state index contributed by atoms with van der Waals surface area (Å²) in [5.74, 6) is -0.290. The SMILES string of the molecule is CCOC(=O)c1cc(-c2ccc(C)cc2)n(CCCC(=O)NCc2cccs2)c1. The highest BCUT2D eigenvalue weighted by Gasteiger charge is 2.15. The van der Waals surface area contributed by atoms with Gasteiger partial charge in [0.15, 0.2) is 0 Å². The van der Waals surface area contributed by atoms with Crippen LogP contribution in [-0.2, 0) is 22.6 Å². The van der Waals surface area contributed by atoms with E-state index in [4.69, 9.17) is 4.74 Å². The van der Waals surface area contributed by atoms with E-state index < -0.39 is 0 Å². The van der Waals surface area contributed by atoms with Gasteiger partial charge < -0.3 is 14.6 Å². The molecule has 0 saturated carbocycles. The molecule has 3 aromatic rings. The van der Waals surface area contributed by atoms with E-state index in [-0.39, 0.29) is 11.9 Å². The van der Waals surface area contributed by atoms with Gasteiger partial charge >= 0.3 is 5.97 Å². The first-order valence-corrected chi connectivity index (χ1v) is 10.7. The second kappa shape index (κ2) is 10.1. The van der Waals surface area contributed by atoms with Crippen molar-refractivity contribution >= 4 is 23.2 Å². The maximum atomic E-state index is 12.2. The minimum atomic E-state index is -0.326. The van der Waals surface area contributed by atoms with Crippen molar-refractivity contribution < 1.29 is 14.3 Å². The van der Waals surface area contributed by atoms with Crippen LogP contribution in [0.1, 0.15) is 40.6 Å². The van der Waals surface area contributed by atoms with Crippen LogP contribution in [0.5, 0.6) is 0 Å². The topological polar surface area (TPSA) is 60.3 Å². The van der Waals surface area contributed by atoms with Crippen molar-refractivity contribution in [3.05, 3.63) is 70.0 Å². The van der Waals surface area contributed by atoms with Crippen molar-refractivity contribution in [1.29, 1.82) is 0 Å². The van der Waals surface area contributed by atoms with Crippen LogP contribution < -0.4 is 5.32 Å². The Labute approximate surface area is 175 Å². The normalized spacial score (nSPS) is 10.7. The van der Waals surface area contributed by atoms with Gasteiger partial charge in [0.1, 0.15) is 0 Å². The number of thiophene rings is 1. The van der Waals surface area contributed by atoms with Gasteiger partial charge in [0.2, 0.25) is 5.91 Å². The van der Waals surface area contributed by atoms with Crippen molar-refractivity contribution in [3.8, 4) is 11.3 Å². The summed E-state index contributed by atoms with van der Waals surface area (Å²) in [5.41, 5.74) is 3.70. The predicted molar refractivity (Wildman–Crippen MR) is 116 cm³/mol. The average Bonchev–Trinajstić information content (AvgIpc) is 3.37. The van der Waals surface area contributed by atoms with Gasteiger partial charge in [0, 0.05) is 29.7 Å². The number of rotatable bonds is 9. The molecule has 2 aromatic heterocycles. The highest BCUT2D eigenvalue weighted by molar-refractivity contribution is 7.09. The molecule has 2 heterocycles. The Bertz CT molecular complexity index is 943. The molecule has 0 unspecified atom stereocenters. The molecule has 6 heteroatoms. The van der Waals surface area contributed by atoms with Crippen LogP contribution in [0.2, 0.25) is 0 Å². The lowest BCUT2D eigenvalue weighted by atomic mass is 10.1. The Balaban J connectivity index is 1.65. The number of nitrogens with zero attached hydrogens (tertiary/aromatic N) is 1. The molecular formula is C23H26N2O3S. The fraction of sp³-hybridized carbons (Fsp3) is 0.304. The molecule has 0 aliphatic heterocycles. The fourth-order valence-electron chi connectivity index (χ4n) is 3.09. The van der Waals surface area contributed by atoms with Gasteiger partial charge in [-0.1, -0.05) is 35.9 Å². The molecule has 1 aromatic carbocycles. The van der Waals surface area contributed by atoms with E-state index >= 15 is 0 Å². The largest absolute Gasteiger partial charge is 0.462 e. The highest BCUT2D eigenvalue weighted by atomic mass is 32.1. The molecule has 29 heavy (non-hydrogen) atoms. The molecule has 1 amide bonds. The number of carbonyl (C=O) groups excluding carboxylic acids is 2. The lowest BCUT2D eigenvalue weighted by Crippen LogP contribution is -2.22. The van der Waals surface area contributed by atoms with E-state index in [0.717, 1.165) is 16.1 Å². The number of aromatic nitrogens is 1. The van der Waals surface area contributed by atoms with Crippen molar-refractivity contribution in [3.63, 3.8) is 0 Å². The van der Waals surface area contributed by atoms with Gasteiger partial charge in [0.05, 0.1) is 18.7 Å². The first-order valence-electron chi connectivity index (χ1n) is 9.80. The molecule has 0 aliphatic rings. The average molecular weight is 411 g/mol. The third kappa shape index (κ3) is 5.81. The number of amides is 1. The van der Waals surface area contributed by atoms with Crippen LogP contribution in [-0.4, -0.2) is 23.1 Å². The molecule has 3 rings (SSSR count). The summed E-state index contributed by atoms with van der Waals surface area (Å²) in [5, 5.41) is 4.95. The second-order valence-corrected chi connectivity index (χ2v) is 7.89. The number of ether oxygens (including phenoxy) is 1. The van der Waals surface area contributed by atoms with Crippen molar-refractivity contribution in [1.82, 2.24) is 9.88 Å². The second-order valence-electron chi connectivity index (χ2n) is 6.85. The Hall–Kier alpha value is -2.86. The summed E-state index contributed by atoms with van der Waals surface area (Å²) >= 11 is 1.63. The van der Waals surface area contributed by atoms with Crippen LogP contribution in [0.15, 0.2) is 54.0 Å². The lowest BCUT2D eigenvalue weighted by Gasteiger charge is -2.10. The van der Waals surface area contributed by atoms with Crippen LogP contribution in [0.3, 0.4) is 0 Å². The minimum absolute atomic E-state index is 0.0352. The number of hydrogen-bond acceptors (Lipinski definition) is 4. The minimum Gasteiger partial charge on any atom is -0.462 e. The predicted octanol–water partition coefficient (Wildman–Crippen LogP) is 4.80. The summed E-state index contributed by atoms with van der Waals surface area (Å²) in [7, 11) is 0. The molecule has 0 aliphatic carbocycles. The first kappa shape index (κ1) is 20.9. The number of benzene rings is 1. The molecule has 152 valence electrons. The number of aryl methyl sites for hydroxylation is 2. The van der Waals surface area contributed by atoms with Gasteiger partial charge in [-0.2, -0.15) is 0 Å². The molecule has 0 spiro atoms. The highest BCUT2D eigenvalue weighted by Crippen LogP contribution is 2.24. The van der Waals surface area contributed by atoms with E-state index in [1.54, 1.807) is 18.3 Å².